The zero-order valence-electron chi connectivity index (χ0n) is 14.9. The van der Waals surface area contributed by atoms with Gasteiger partial charge in [0.1, 0.15) is 0 Å². The summed E-state index contributed by atoms with van der Waals surface area (Å²) in [5.41, 5.74) is 1.55. The van der Waals surface area contributed by atoms with Gasteiger partial charge in [-0.05, 0) is 55.2 Å². The first-order chi connectivity index (χ1) is 12.3. The van der Waals surface area contributed by atoms with Crippen LogP contribution in [0.1, 0.15) is 28.8 Å². The average Bonchev–Trinajstić information content (AvgIpc) is 2.62. The number of amides is 1. The molecule has 0 fully saturated rings. The molecule has 1 N–H and O–H groups in total. The molecule has 140 valence electrons. The van der Waals surface area contributed by atoms with E-state index in [9.17, 15) is 13.2 Å². The summed E-state index contributed by atoms with van der Waals surface area (Å²) in [6.07, 6.45) is 2.63. The number of unbranched alkanes of at least 4 members (excludes halogenated alkanes) is 1. The highest BCUT2D eigenvalue weighted by atomic mass is 35.5. The van der Waals surface area contributed by atoms with Crippen molar-refractivity contribution in [1.29, 1.82) is 0 Å². The number of sulfonamides is 1. The molecule has 1 amide bonds. The minimum absolute atomic E-state index is 0.166. The first kappa shape index (κ1) is 20.4. The third-order valence-corrected chi connectivity index (χ3v) is 6.21. The monoisotopic (exact) mass is 394 g/mol. The Morgan fingerprint density at radius 1 is 1.04 bits per heavy atom. The number of hydrogen-bond donors (Lipinski definition) is 1. The molecular formula is C19H23ClN2O3S. The number of carbonyl (C=O) groups is 1. The molecule has 2 aromatic carbocycles. The highest BCUT2D eigenvalue weighted by Crippen LogP contribution is 2.17. The highest BCUT2D eigenvalue weighted by molar-refractivity contribution is 7.89. The molecule has 26 heavy (non-hydrogen) atoms. The predicted octanol–water partition coefficient (Wildman–Crippen LogP) is 3.34. The molecule has 0 atom stereocenters. The third kappa shape index (κ3) is 5.30. The molecule has 2 aromatic rings. The number of nitrogens with zero attached hydrogens (tertiary/aromatic N) is 1. The van der Waals surface area contributed by atoms with Crippen LogP contribution in [0.25, 0.3) is 0 Å². The second-order valence-electron chi connectivity index (χ2n) is 6.12. The van der Waals surface area contributed by atoms with Gasteiger partial charge in [-0.2, -0.15) is 0 Å². The van der Waals surface area contributed by atoms with E-state index in [1.807, 2.05) is 24.3 Å². The Morgan fingerprint density at radius 3 is 2.31 bits per heavy atom. The molecule has 0 heterocycles. The zero-order valence-corrected chi connectivity index (χ0v) is 16.5. The van der Waals surface area contributed by atoms with E-state index in [-0.39, 0.29) is 10.8 Å². The summed E-state index contributed by atoms with van der Waals surface area (Å²) in [5.74, 6) is -0.212. The summed E-state index contributed by atoms with van der Waals surface area (Å²) in [5, 5.41) is 3.62. The Morgan fingerprint density at radius 2 is 1.69 bits per heavy atom. The number of nitrogens with one attached hydrogen (secondary N) is 1. The number of rotatable bonds is 8. The molecule has 7 heteroatoms. The number of aryl methyl sites for hydroxylation is 1. The van der Waals surface area contributed by atoms with Gasteiger partial charge in [0.25, 0.3) is 5.91 Å². The van der Waals surface area contributed by atoms with Crippen LogP contribution in [0.5, 0.6) is 0 Å². The van der Waals surface area contributed by atoms with Gasteiger partial charge in [0.15, 0.2) is 0 Å². The standard InChI is InChI=1S/C19H23ClN2O3S/c1-22(2)26(24,25)17-12-10-16(11-13-17)19(23)21-14-6-5-8-15-7-3-4-9-18(15)20/h3-4,7,9-13H,5-6,8,14H2,1-2H3,(H,21,23). The van der Waals surface area contributed by atoms with Crippen molar-refractivity contribution in [3.05, 3.63) is 64.7 Å². The molecule has 0 unspecified atom stereocenters. The normalized spacial score (nSPS) is 11.5. The average molecular weight is 395 g/mol. The fraction of sp³-hybridized carbons (Fsp3) is 0.316. The van der Waals surface area contributed by atoms with Gasteiger partial charge >= 0.3 is 0 Å². The Bertz CT molecular complexity index is 849. The van der Waals surface area contributed by atoms with Crippen LogP contribution >= 0.6 is 11.6 Å². The quantitative estimate of drug-likeness (QED) is 0.698. The highest BCUT2D eigenvalue weighted by Gasteiger charge is 2.17. The maximum atomic E-state index is 12.1. The van der Waals surface area contributed by atoms with Gasteiger partial charge in [-0.15, -0.1) is 0 Å². The molecular weight excluding hydrogens is 372 g/mol. The van der Waals surface area contributed by atoms with Crippen molar-refractivity contribution in [2.24, 2.45) is 0 Å². The third-order valence-electron chi connectivity index (χ3n) is 4.01. The number of halogens is 1. The Hall–Kier alpha value is -1.89. The van der Waals surface area contributed by atoms with E-state index in [2.05, 4.69) is 5.32 Å². The minimum Gasteiger partial charge on any atom is -0.352 e. The fourth-order valence-corrected chi connectivity index (χ4v) is 3.57. The van der Waals surface area contributed by atoms with Gasteiger partial charge in [0.05, 0.1) is 4.90 Å². The van der Waals surface area contributed by atoms with Crippen molar-refractivity contribution in [1.82, 2.24) is 9.62 Å². The molecule has 5 nitrogen and oxygen atoms in total. The number of hydrogen-bond acceptors (Lipinski definition) is 3. The Labute approximate surface area is 160 Å². The van der Waals surface area contributed by atoms with Gasteiger partial charge in [0.2, 0.25) is 10.0 Å². The summed E-state index contributed by atoms with van der Waals surface area (Å²) < 4.78 is 25.2. The minimum atomic E-state index is -3.48. The van der Waals surface area contributed by atoms with Gasteiger partial charge in [0, 0.05) is 31.2 Å². The molecule has 0 aliphatic heterocycles. The van der Waals surface area contributed by atoms with Crippen LogP contribution in [0.2, 0.25) is 5.02 Å². The summed E-state index contributed by atoms with van der Waals surface area (Å²) >= 11 is 6.12. The van der Waals surface area contributed by atoms with Crippen LogP contribution in [-0.4, -0.2) is 39.3 Å². The van der Waals surface area contributed by atoms with E-state index < -0.39 is 10.0 Å². The Balaban J connectivity index is 1.80. The summed E-state index contributed by atoms with van der Waals surface area (Å²) in [7, 11) is -0.541. The lowest BCUT2D eigenvalue weighted by molar-refractivity contribution is 0.0953. The molecule has 0 aliphatic rings. The topological polar surface area (TPSA) is 66.5 Å². The van der Waals surface area contributed by atoms with Gasteiger partial charge < -0.3 is 5.32 Å². The van der Waals surface area contributed by atoms with E-state index in [1.165, 1.54) is 38.4 Å². The first-order valence-corrected chi connectivity index (χ1v) is 10.2. The smallest absolute Gasteiger partial charge is 0.251 e. The van der Waals surface area contributed by atoms with Gasteiger partial charge in [-0.25, -0.2) is 12.7 Å². The molecule has 0 aliphatic carbocycles. The largest absolute Gasteiger partial charge is 0.352 e. The van der Waals surface area contributed by atoms with Gasteiger partial charge in [-0.1, -0.05) is 29.8 Å². The van der Waals surface area contributed by atoms with Crippen molar-refractivity contribution in [2.45, 2.75) is 24.2 Å². The maximum absolute atomic E-state index is 12.1. The van der Waals surface area contributed by atoms with Crippen LogP contribution in [0, 0.1) is 0 Å². The van der Waals surface area contributed by atoms with Crippen molar-refractivity contribution in [3.63, 3.8) is 0 Å². The van der Waals surface area contributed by atoms with Crippen molar-refractivity contribution < 1.29 is 13.2 Å². The molecule has 0 saturated carbocycles. The number of benzene rings is 2. The second-order valence-corrected chi connectivity index (χ2v) is 8.68. The fourth-order valence-electron chi connectivity index (χ4n) is 2.43. The molecule has 0 aromatic heterocycles. The summed E-state index contributed by atoms with van der Waals surface area (Å²) in [4.78, 5) is 12.3. The van der Waals surface area contributed by atoms with Gasteiger partial charge in [-0.3, -0.25) is 4.79 Å². The second kappa shape index (κ2) is 9.16. The van der Waals surface area contributed by atoms with E-state index in [1.54, 1.807) is 0 Å². The van der Waals surface area contributed by atoms with Crippen molar-refractivity contribution >= 4 is 27.5 Å². The lowest BCUT2D eigenvalue weighted by Crippen LogP contribution is -2.25. The van der Waals surface area contributed by atoms with Crippen LogP contribution in [0.4, 0.5) is 0 Å². The lowest BCUT2D eigenvalue weighted by Gasteiger charge is -2.11. The van der Waals surface area contributed by atoms with Crippen LogP contribution in [0.3, 0.4) is 0 Å². The Kier molecular flexibility index (Phi) is 7.20. The van der Waals surface area contributed by atoms with Crippen LogP contribution < -0.4 is 5.32 Å². The maximum Gasteiger partial charge on any atom is 0.251 e. The summed E-state index contributed by atoms with van der Waals surface area (Å²) in [6, 6.07) is 13.7. The first-order valence-electron chi connectivity index (χ1n) is 8.36. The molecule has 0 saturated heterocycles. The van der Waals surface area contributed by atoms with E-state index in [4.69, 9.17) is 11.6 Å². The van der Waals surface area contributed by atoms with Crippen LogP contribution in [0.15, 0.2) is 53.4 Å². The number of carbonyl (C=O) groups excluding carboxylic acids is 1. The van der Waals surface area contributed by atoms with E-state index in [0.29, 0.717) is 12.1 Å². The zero-order chi connectivity index (χ0) is 19.2. The van der Waals surface area contributed by atoms with E-state index in [0.717, 1.165) is 34.2 Å². The van der Waals surface area contributed by atoms with Crippen LogP contribution in [-0.2, 0) is 16.4 Å². The predicted molar refractivity (Wildman–Crippen MR) is 104 cm³/mol. The van der Waals surface area contributed by atoms with Crippen molar-refractivity contribution in [3.8, 4) is 0 Å². The molecule has 0 spiro atoms. The molecule has 0 bridgehead atoms. The summed E-state index contributed by atoms with van der Waals surface area (Å²) in [6.45, 7) is 0.557. The SMILES string of the molecule is CN(C)S(=O)(=O)c1ccc(C(=O)NCCCCc2ccccc2Cl)cc1. The molecule has 2 rings (SSSR count). The lowest BCUT2D eigenvalue weighted by atomic mass is 10.1. The van der Waals surface area contributed by atoms with Crippen molar-refractivity contribution in [2.75, 3.05) is 20.6 Å². The molecule has 0 radical (unpaired) electrons. The van der Waals surface area contributed by atoms with E-state index >= 15 is 0 Å².